The molecule has 0 aliphatic rings. The number of hydrogen-bond acceptors (Lipinski definition) is 4. The Morgan fingerprint density at radius 2 is 1.62 bits per heavy atom. The molecule has 1 aromatic carbocycles. The number of carboxylic acid groups (broad SMARTS) is 1. The van der Waals surface area contributed by atoms with Crippen molar-refractivity contribution in [2.75, 3.05) is 14.1 Å². The van der Waals surface area contributed by atoms with Gasteiger partial charge in [-0.3, -0.25) is 14.4 Å². The SMILES string of the molecule is CC.CC=C(C)C.CNC(Cc1cn(C)c2ccccc12)C(=O)NC(C(=O)N(C)C(C)C)C(C)(C)C.O=CO. The molecular weight excluding hydrogens is 492 g/mol. The smallest absolute Gasteiger partial charge is 0.290 e. The summed E-state index contributed by atoms with van der Waals surface area (Å²) in [5.41, 5.74) is 3.23. The Kier molecular flexibility index (Phi) is 18.5. The molecule has 0 saturated carbocycles. The van der Waals surface area contributed by atoms with Crippen molar-refractivity contribution in [2.24, 2.45) is 12.5 Å². The minimum atomic E-state index is -0.592. The molecule has 2 amide bonds. The lowest BCUT2D eigenvalue weighted by Crippen LogP contribution is -2.58. The van der Waals surface area contributed by atoms with Crippen LogP contribution in [0.25, 0.3) is 10.9 Å². The van der Waals surface area contributed by atoms with E-state index < -0.39 is 17.5 Å². The Labute approximate surface area is 236 Å². The van der Waals surface area contributed by atoms with E-state index in [1.807, 2.05) is 74.6 Å². The van der Waals surface area contributed by atoms with Crippen LogP contribution in [-0.4, -0.2) is 65.1 Å². The van der Waals surface area contributed by atoms with Crippen LogP contribution in [0.4, 0.5) is 0 Å². The monoisotopic (exact) mass is 546 g/mol. The summed E-state index contributed by atoms with van der Waals surface area (Å²) in [5, 5.41) is 14.2. The second-order valence-corrected chi connectivity index (χ2v) is 10.6. The summed E-state index contributed by atoms with van der Waals surface area (Å²) in [6.45, 7) is 19.8. The number of aryl methyl sites for hydroxylation is 1. The van der Waals surface area contributed by atoms with Gasteiger partial charge in [-0.25, -0.2) is 0 Å². The van der Waals surface area contributed by atoms with Crippen LogP contribution >= 0.6 is 0 Å². The molecule has 0 radical (unpaired) electrons. The zero-order valence-corrected chi connectivity index (χ0v) is 26.5. The van der Waals surface area contributed by atoms with Crippen LogP contribution < -0.4 is 10.6 Å². The van der Waals surface area contributed by atoms with Gasteiger partial charge in [-0.1, -0.05) is 64.5 Å². The number of fused-ring (bicyclic) bond motifs is 1. The molecule has 0 fully saturated rings. The quantitative estimate of drug-likeness (QED) is 0.318. The summed E-state index contributed by atoms with van der Waals surface area (Å²) in [5.74, 6) is -0.230. The third-order valence-corrected chi connectivity index (χ3v) is 6.17. The van der Waals surface area contributed by atoms with Crippen molar-refractivity contribution in [3.8, 4) is 0 Å². The van der Waals surface area contributed by atoms with E-state index in [1.54, 1.807) is 19.0 Å². The number of amides is 2. The molecule has 0 spiro atoms. The average Bonchev–Trinajstić information content (AvgIpc) is 3.21. The first-order valence-electron chi connectivity index (χ1n) is 13.6. The van der Waals surface area contributed by atoms with Crippen LogP contribution in [0.15, 0.2) is 42.1 Å². The van der Waals surface area contributed by atoms with Crippen molar-refractivity contribution in [2.45, 2.75) is 93.8 Å². The summed E-state index contributed by atoms with van der Waals surface area (Å²) in [4.78, 5) is 36.2. The van der Waals surface area contributed by atoms with E-state index in [4.69, 9.17) is 9.90 Å². The summed E-state index contributed by atoms with van der Waals surface area (Å²) in [6, 6.07) is 7.22. The Bertz CT molecular complexity index is 1030. The van der Waals surface area contributed by atoms with Gasteiger partial charge >= 0.3 is 0 Å². The highest BCUT2D eigenvalue weighted by atomic mass is 16.3. The van der Waals surface area contributed by atoms with Crippen molar-refractivity contribution >= 4 is 29.2 Å². The second kappa shape index (κ2) is 19.0. The van der Waals surface area contributed by atoms with Crippen LogP contribution in [0.2, 0.25) is 0 Å². The van der Waals surface area contributed by atoms with Gasteiger partial charge in [-0.05, 0) is 65.1 Å². The molecule has 2 unspecified atom stereocenters. The normalized spacial score (nSPS) is 11.8. The number of likely N-dealkylation sites (N-methyl/N-ethyl adjacent to an activating group) is 2. The van der Waals surface area contributed by atoms with E-state index in [9.17, 15) is 9.59 Å². The number of hydrogen-bond donors (Lipinski definition) is 3. The number of rotatable bonds is 7. The molecule has 0 bridgehead atoms. The van der Waals surface area contributed by atoms with Crippen LogP contribution in [0, 0.1) is 5.41 Å². The van der Waals surface area contributed by atoms with Crippen LogP contribution in [0.3, 0.4) is 0 Å². The van der Waals surface area contributed by atoms with Crippen molar-refractivity contribution < 1.29 is 19.5 Å². The summed E-state index contributed by atoms with van der Waals surface area (Å²) < 4.78 is 2.08. The maximum atomic E-state index is 13.1. The van der Waals surface area contributed by atoms with Crippen molar-refractivity contribution in [3.05, 3.63) is 47.7 Å². The molecule has 2 atom stereocenters. The maximum Gasteiger partial charge on any atom is 0.290 e. The molecule has 2 rings (SSSR count). The number of aromatic nitrogens is 1. The van der Waals surface area contributed by atoms with Gasteiger partial charge < -0.3 is 25.2 Å². The molecule has 1 aromatic heterocycles. The number of carbonyl (C=O) groups excluding carboxylic acids is 2. The lowest BCUT2D eigenvalue weighted by Gasteiger charge is -2.35. The number of nitrogens with zero attached hydrogens (tertiary/aromatic N) is 2. The third-order valence-electron chi connectivity index (χ3n) is 6.17. The van der Waals surface area contributed by atoms with Gasteiger partial charge in [0.1, 0.15) is 6.04 Å². The molecule has 2 aromatic rings. The second-order valence-electron chi connectivity index (χ2n) is 10.6. The van der Waals surface area contributed by atoms with Gasteiger partial charge in [-0.15, -0.1) is 0 Å². The van der Waals surface area contributed by atoms with Crippen molar-refractivity contribution in [3.63, 3.8) is 0 Å². The first-order valence-corrected chi connectivity index (χ1v) is 13.6. The number of allylic oxidation sites excluding steroid dienone is 2. The van der Waals surface area contributed by atoms with Gasteiger partial charge in [0, 0.05) is 37.2 Å². The van der Waals surface area contributed by atoms with Crippen molar-refractivity contribution in [1.82, 2.24) is 20.1 Å². The molecule has 8 nitrogen and oxygen atoms in total. The fraction of sp³-hybridized carbons (Fsp3) is 0.581. The zero-order valence-electron chi connectivity index (χ0n) is 26.5. The molecule has 1 heterocycles. The number of para-hydroxylation sites is 1. The minimum Gasteiger partial charge on any atom is -0.483 e. The maximum absolute atomic E-state index is 13.1. The Morgan fingerprint density at radius 3 is 2.03 bits per heavy atom. The van der Waals surface area contributed by atoms with Gasteiger partial charge in [0.25, 0.3) is 6.47 Å². The van der Waals surface area contributed by atoms with E-state index in [2.05, 4.69) is 53.5 Å². The number of carbonyl (C=O) groups is 3. The fourth-order valence-electron chi connectivity index (χ4n) is 3.48. The molecule has 0 aliphatic carbocycles. The molecular formula is C31H54N4O4. The topological polar surface area (TPSA) is 104 Å². The lowest BCUT2D eigenvalue weighted by atomic mass is 9.85. The Balaban J connectivity index is 0. The fourth-order valence-corrected chi connectivity index (χ4v) is 3.48. The standard InChI is InChI=1S/C23H36N4O2.C5H10.C2H6.CH2O2/c1-15(2)27(8)22(29)20(23(3,4)5)25-21(28)18(24-6)13-16-14-26(7)19-12-10-9-11-17(16)19;1-4-5(2)3;1-2;2-1-3/h9-12,14-15,18,20,24H,13H2,1-8H3,(H,25,28);4H,1-3H3;1-2H3;1H,(H,2,3). The number of nitrogens with one attached hydrogen (secondary N) is 2. The Morgan fingerprint density at radius 1 is 1.13 bits per heavy atom. The molecule has 222 valence electrons. The van der Waals surface area contributed by atoms with Crippen LogP contribution in [0.1, 0.15) is 74.8 Å². The lowest BCUT2D eigenvalue weighted by molar-refractivity contribution is -0.140. The van der Waals surface area contributed by atoms with Gasteiger partial charge in [0.15, 0.2) is 0 Å². The van der Waals surface area contributed by atoms with Gasteiger partial charge in [-0.2, -0.15) is 0 Å². The average molecular weight is 547 g/mol. The predicted molar refractivity (Wildman–Crippen MR) is 164 cm³/mol. The predicted octanol–water partition coefficient (Wildman–Crippen LogP) is 5.41. The van der Waals surface area contributed by atoms with Crippen molar-refractivity contribution in [1.29, 1.82) is 0 Å². The highest BCUT2D eigenvalue weighted by Crippen LogP contribution is 2.24. The van der Waals surface area contributed by atoms with E-state index in [-0.39, 0.29) is 24.3 Å². The number of benzene rings is 1. The molecule has 3 N–H and O–H groups in total. The summed E-state index contributed by atoms with van der Waals surface area (Å²) in [7, 11) is 5.57. The van der Waals surface area contributed by atoms with E-state index >= 15 is 0 Å². The van der Waals surface area contributed by atoms with E-state index in [0.29, 0.717) is 6.42 Å². The first kappa shape index (κ1) is 38.0. The summed E-state index contributed by atoms with van der Waals surface area (Å²) in [6.07, 6.45) is 4.70. The van der Waals surface area contributed by atoms with Gasteiger partial charge in [0.05, 0.1) is 6.04 Å². The molecule has 39 heavy (non-hydrogen) atoms. The van der Waals surface area contributed by atoms with E-state index in [1.165, 1.54) is 5.57 Å². The van der Waals surface area contributed by atoms with Crippen LogP contribution in [-0.2, 0) is 27.9 Å². The highest BCUT2D eigenvalue weighted by Gasteiger charge is 2.36. The Hall–Kier alpha value is -3.13. The zero-order chi connectivity index (χ0) is 30.9. The van der Waals surface area contributed by atoms with Crippen LogP contribution in [0.5, 0.6) is 0 Å². The first-order chi connectivity index (χ1) is 18.2. The van der Waals surface area contributed by atoms with E-state index in [0.717, 1.165) is 16.5 Å². The summed E-state index contributed by atoms with van der Waals surface area (Å²) >= 11 is 0. The molecule has 0 saturated heterocycles. The highest BCUT2D eigenvalue weighted by molar-refractivity contribution is 5.91. The minimum absolute atomic E-state index is 0.0686. The van der Waals surface area contributed by atoms with Gasteiger partial charge in [0.2, 0.25) is 11.8 Å². The largest absolute Gasteiger partial charge is 0.483 e. The molecule has 0 aliphatic heterocycles. The third kappa shape index (κ3) is 13.0. The molecule has 8 heteroatoms.